The molecule has 16 heavy (non-hydrogen) atoms. The summed E-state index contributed by atoms with van der Waals surface area (Å²) in [6.45, 7) is 6.97. The maximum Gasteiger partial charge on any atom is 0.237 e. The molecule has 0 bridgehead atoms. The van der Waals surface area contributed by atoms with E-state index in [0.29, 0.717) is 13.0 Å². The summed E-state index contributed by atoms with van der Waals surface area (Å²) in [7, 11) is 0. The molecule has 0 heterocycles. The van der Waals surface area contributed by atoms with E-state index in [4.69, 9.17) is 11.5 Å². The van der Waals surface area contributed by atoms with Crippen LogP contribution >= 0.6 is 0 Å². The fraction of sp³-hybridized carbons (Fsp3) is 0.750. The van der Waals surface area contributed by atoms with Gasteiger partial charge in [-0.3, -0.25) is 4.79 Å². The molecule has 0 radical (unpaired) electrons. The zero-order valence-corrected chi connectivity index (χ0v) is 10.3. The molecule has 0 aliphatic heterocycles. The van der Waals surface area contributed by atoms with Crippen LogP contribution in [0.4, 0.5) is 0 Å². The number of hydrogen-bond donors (Lipinski definition) is 3. The summed E-state index contributed by atoms with van der Waals surface area (Å²) < 4.78 is 0. The van der Waals surface area contributed by atoms with Crippen molar-refractivity contribution in [1.29, 1.82) is 0 Å². The van der Waals surface area contributed by atoms with Gasteiger partial charge in [-0.1, -0.05) is 19.8 Å². The Kier molecular flexibility index (Phi) is 6.78. The summed E-state index contributed by atoms with van der Waals surface area (Å²) in [5.41, 5.74) is -0.0184. The first-order valence-corrected chi connectivity index (χ1v) is 5.48. The van der Waals surface area contributed by atoms with Crippen molar-refractivity contribution >= 4 is 5.91 Å². The normalized spacial score (nSPS) is 12.9. The molecular weight excluding hydrogens is 204 g/mol. The molecule has 0 saturated heterocycles. The molecule has 0 aromatic carbocycles. The summed E-state index contributed by atoms with van der Waals surface area (Å²) in [6.07, 6.45) is 5.75. The quantitative estimate of drug-likeness (QED) is 0.540. The summed E-state index contributed by atoms with van der Waals surface area (Å²) in [4.78, 5) is 11.5. The van der Waals surface area contributed by atoms with Gasteiger partial charge in [-0.15, -0.1) is 6.42 Å². The van der Waals surface area contributed by atoms with Gasteiger partial charge in [-0.05, 0) is 18.8 Å². The third-order valence-corrected chi connectivity index (χ3v) is 2.43. The lowest BCUT2D eigenvalue weighted by molar-refractivity contribution is -0.122. The van der Waals surface area contributed by atoms with E-state index >= 15 is 0 Å². The second-order valence-corrected chi connectivity index (χ2v) is 4.66. The predicted octanol–water partition coefficient (Wildman–Crippen LogP) is 0.123. The molecule has 0 rings (SSSR count). The van der Waals surface area contributed by atoms with Gasteiger partial charge in [0.25, 0.3) is 0 Å². The van der Waals surface area contributed by atoms with Crippen LogP contribution in [0.15, 0.2) is 0 Å². The number of terminal acetylenes is 1. The van der Waals surface area contributed by atoms with Gasteiger partial charge in [0.1, 0.15) is 0 Å². The van der Waals surface area contributed by atoms with Crippen LogP contribution in [0.3, 0.4) is 0 Å². The van der Waals surface area contributed by atoms with Crippen molar-refractivity contribution in [2.75, 3.05) is 19.7 Å². The molecule has 3 N–H and O–H groups in total. The molecule has 1 atom stereocenters. The topological polar surface area (TPSA) is 61.4 Å². The largest absolute Gasteiger partial charge is 0.396 e. The van der Waals surface area contributed by atoms with Gasteiger partial charge < -0.3 is 15.7 Å². The summed E-state index contributed by atoms with van der Waals surface area (Å²) in [6, 6.07) is -0.272. The minimum absolute atomic E-state index is 0.0184. The molecule has 4 heteroatoms. The van der Waals surface area contributed by atoms with Gasteiger partial charge in [0, 0.05) is 13.2 Å². The van der Waals surface area contributed by atoms with Crippen molar-refractivity contribution in [2.45, 2.75) is 33.2 Å². The Morgan fingerprint density at radius 3 is 2.69 bits per heavy atom. The standard InChI is InChI=1S/C12H22N2O2/c1-5-7-13-11(16)10(2)14-9-12(3,4)6-8-15/h1,10,14-15H,6-9H2,2-4H3,(H,13,16). The molecule has 0 saturated carbocycles. The summed E-state index contributed by atoms with van der Waals surface area (Å²) >= 11 is 0. The van der Waals surface area contributed by atoms with Crippen LogP contribution < -0.4 is 10.6 Å². The van der Waals surface area contributed by atoms with E-state index in [0.717, 1.165) is 0 Å². The number of rotatable bonds is 7. The van der Waals surface area contributed by atoms with Crippen LogP contribution in [0.2, 0.25) is 0 Å². The number of amides is 1. The molecule has 0 aliphatic rings. The molecule has 1 unspecified atom stereocenters. The highest BCUT2D eigenvalue weighted by Gasteiger charge is 2.19. The Morgan fingerprint density at radius 1 is 1.56 bits per heavy atom. The molecular formula is C12H22N2O2. The van der Waals surface area contributed by atoms with E-state index in [1.54, 1.807) is 6.92 Å². The zero-order valence-electron chi connectivity index (χ0n) is 10.3. The number of carbonyl (C=O) groups is 1. The maximum absolute atomic E-state index is 11.5. The molecule has 0 aromatic heterocycles. The SMILES string of the molecule is C#CCNC(=O)C(C)NCC(C)(C)CCO. The van der Waals surface area contributed by atoms with Crippen molar-refractivity contribution in [3.8, 4) is 12.3 Å². The average Bonchev–Trinajstić information content (AvgIpc) is 2.22. The Morgan fingerprint density at radius 2 is 2.19 bits per heavy atom. The van der Waals surface area contributed by atoms with Gasteiger partial charge in [0.05, 0.1) is 12.6 Å². The van der Waals surface area contributed by atoms with E-state index in [1.807, 2.05) is 13.8 Å². The van der Waals surface area contributed by atoms with Crippen LogP contribution in [-0.2, 0) is 4.79 Å². The maximum atomic E-state index is 11.5. The number of aliphatic hydroxyl groups excluding tert-OH is 1. The molecule has 0 aliphatic carbocycles. The molecule has 0 aromatic rings. The molecule has 92 valence electrons. The molecule has 4 nitrogen and oxygen atoms in total. The highest BCUT2D eigenvalue weighted by Crippen LogP contribution is 2.18. The van der Waals surface area contributed by atoms with Gasteiger partial charge >= 0.3 is 0 Å². The van der Waals surface area contributed by atoms with E-state index in [1.165, 1.54) is 0 Å². The average molecular weight is 226 g/mol. The van der Waals surface area contributed by atoms with Crippen molar-refractivity contribution in [1.82, 2.24) is 10.6 Å². The Hall–Kier alpha value is -1.05. The molecule has 0 fully saturated rings. The lowest BCUT2D eigenvalue weighted by Gasteiger charge is -2.26. The van der Waals surface area contributed by atoms with Crippen molar-refractivity contribution in [3.63, 3.8) is 0 Å². The van der Waals surface area contributed by atoms with Crippen LogP contribution in [-0.4, -0.2) is 36.8 Å². The lowest BCUT2D eigenvalue weighted by atomic mass is 9.89. The van der Waals surface area contributed by atoms with E-state index in [2.05, 4.69) is 16.6 Å². The Balaban J connectivity index is 3.92. The van der Waals surface area contributed by atoms with Gasteiger partial charge in [0.15, 0.2) is 0 Å². The minimum Gasteiger partial charge on any atom is -0.396 e. The minimum atomic E-state index is -0.272. The van der Waals surface area contributed by atoms with Gasteiger partial charge in [-0.2, -0.15) is 0 Å². The van der Waals surface area contributed by atoms with Crippen LogP contribution in [0.1, 0.15) is 27.2 Å². The highest BCUT2D eigenvalue weighted by atomic mass is 16.3. The third-order valence-electron chi connectivity index (χ3n) is 2.43. The number of carbonyl (C=O) groups excluding carboxylic acids is 1. The first-order valence-electron chi connectivity index (χ1n) is 5.48. The van der Waals surface area contributed by atoms with Crippen molar-refractivity contribution in [3.05, 3.63) is 0 Å². The second-order valence-electron chi connectivity index (χ2n) is 4.66. The van der Waals surface area contributed by atoms with Crippen molar-refractivity contribution in [2.24, 2.45) is 5.41 Å². The van der Waals surface area contributed by atoms with E-state index < -0.39 is 0 Å². The van der Waals surface area contributed by atoms with E-state index in [9.17, 15) is 4.79 Å². The fourth-order valence-corrected chi connectivity index (χ4v) is 1.20. The van der Waals surface area contributed by atoms with Crippen molar-refractivity contribution < 1.29 is 9.90 Å². The smallest absolute Gasteiger partial charge is 0.237 e. The Labute approximate surface area is 97.8 Å². The number of nitrogens with one attached hydrogen (secondary N) is 2. The summed E-state index contributed by atoms with van der Waals surface area (Å²) in [5, 5.41) is 14.6. The second kappa shape index (κ2) is 7.26. The van der Waals surface area contributed by atoms with Crippen LogP contribution in [0.5, 0.6) is 0 Å². The number of aliphatic hydroxyl groups is 1. The van der Waals surface area contributed by atoms with Gasteiger partial charge in [0.2, 0.25) is 5.91 Å². The molecule has 1 amide bonds. The van der Waals surface area contributed by atoms with Gasteiger partial charge in [-0.25, -0.2) is 0 Å². The fourth-order valence-electron chi connectivity index (χ4n) is 1.20. The molecule has 0 spiro atoms. The first kappa shape index (κ1) is 14.9. The highest BCUT2D eigenvalue weighted by molar-refractivity contribution is 5.81. The predicted molar refractivity (Wildman–Crippen MR) is 64.8 cm³/mol. The third kappa shape index (κ3) is 6.44. The monoisotopic (exact) mass is 226 g/mol. The van der Waals surface area contributed by atoms with Crippen LogP contribution in [0, 0.1) is 17.8 Å². The zero-order chi connectivity index (χ0) is 12.6. The first-order chi connectivity index (χ1) is 7.43. The van der Waals surface area contributed by atoms with Crippen LogP contribution in [0.25, 0.3) is 0 Å². The Bertz CT molecular complexity index is 256. The number of hydrogen-bond acceptors (Lipinski definition) is 3. The lowest BCUT2D eigenvalue weighted by Crippen LogP contribution is -2.45. The summed E-state index contributed by atoms with van der Waals surface area (Å²) in [5.74, 6) is 2.25. The van der Waals surface area contributed by atoms with E-state index in [-0.39, 0.29) is 30.5 Å².